The van der Waals surface area contributed by atoms with Gasteiger partial charge in [0.15, 0.2) is 0 Å². The minimum absolute atomic E-state index is 0. The summed E-state index contributed by atoms with van der Waals surface area (Å²) in [5, 5.41) is 0. The van der Waals surface area contributed by atoms with Crippen LogP contribution in [0.1, 0.15) is 310 Å². The van der Waals surface area contributed by atoms with Crippen molar-refractivity contribution in [1.29, 1.82) is 0 Å². The maximum atomic E-state index is 5.73. The Kier molecular flexibility index (Phi) is 65.0. The van der Waals surface area contributed by atoms with Crippen LogP contribution in [0.25, 0.3) is 0 Å². The van der Waals surface area contributed by atoms with Crippen LogP contribution in [-0.2, 0) is 85.7 Å². The van der Waals surface area contributed by atoms with Crippen molar-refractivity contribution in [2.24, 2.45) is 0 Å². The van der Waals surface area contributed by atoms with E-state index in [9.17, 15) is 0 Å². The Labute approximate surface area is 430 Å². The minimum atomic E-state index is -2.44. The topological polar surface area (TPSA) is 36.9 Å². The van der Waals surface area contributed by atoms with E-state index in [1.165, 1.54) is 257 Å². The molecule has 0 rings (SSSR count). The van der Waals surface area contributed by atoms with Gasteiger partial charge in [0.25, 0.3) is 0 Å². The van der Waals surface area contributed by atoms with Crippen molar-refractivity contribution in [3.05, 3.63) is 0 Å². The molecule has 0 bridgehead atoms. The largest absolute Gasteiger partial charge is 2.00 e. The molecule has 0 N–H and O–H groups in total. The third-order valence-corrected chi connectivity index (χ3v) is 16.5. The molecular formula is C52H108O4P2S4Zn. The third-order valence-electron chi connectivity index (χ3n) is 12.0. The van der Waals surface area contributed by atoms with Crippen LogP contribution in [0.15, 0.2) is 0 Å². The quantitative estimate of drug-likeness (QED) is 0.0258. The first-order valence-electron chi connectivity index (χ1n) is 27.4. The van der Waals surface area contributed by atoms with E-state index in [1.54, 1.807) is 0 Å². The summed E-state index contributed by atoms with van der Waals surface area (Å²) in [7, 11) is 0. The average molecular weight is 1050 g/mol. The smallest absolute Gasteiger partial charge is 0.691 e. The molecule has 63 heavy (non-hydrogen) atoms. The Morgan fingerprint density at radius 1 is 0.238 bits per heavy atom. The summed E-state index contributed by atoms with van der Waals surface area (Å²) in [5.41, 5.74) is -4.87. The van der Waals surface area contributed by atoms with Crippen LogP contribution in [0, 0.1) is 0 Å². The fourth-order valence-corrected chi connectivity index (χ4v) is 11.2. The fourth-order valence-electron chi connectivity index (χ4n) is 7.85. The molecule has 0 aliphatic rings. The van der Waals surface area contributed by atoms with Gasteiger partial charge in [0.05, 0.1) is 37.8 Å². The van der Waals surface area contributed by atoms with Gasteiger partial charge in [-0.25, -0.2) is 0 Å². The second-order valence-electron chi connectivity index (χ2n) is 18.4. The summed E-state index contributed by atoms with van der Waals surface area (Å²) in [4.78, 5) is 0. The molecule has 0 aromatic rings. The molecule has 0 aliphatic carbocycles. The molecule has 0 aromatic heterocycles. The van der Waals surface area contributed by atoms with Gasteiger partial charge in [-0.05, 0) is 25.7 Å². The summed E-state index contributed by atoms with van der Waals surface area (Å²) < 4.78 is 22.9. The van der Waals surface area contributed by atoms with E-state index in [-0.39, 0.29) is 19.5 Å². The van der Waals surface area contributed by atoms with Gasteiger partial charge >= 0.3 is 19.5 Å². The van der Waals surface area contributed by atoms with Crippen LogP contribution in [0.3, 0.4) is 0 Å². The second kappa shape index (κ2) is 58.8. The Balaban J connectivity index is -0.00000112. The summed E-state index contributed by atoms with van der Waals surface area (Å²) in [6.07, 6.45) is 58.9. The monoisotopic (exact) mass is 1050 g/mol. The summed E-state index contributed by atoms with van der Waals surface area (Å²) >= 11 is 21.5. The molecule has 0 atom stereocenters. The molecule has 0 saturated carbocycles. The molecule has 0 spiro atoms. The van der Waals surface area contributed by atoms with Gasteiger partial charge in [0.2, 0.25) is 0 Å². The van der Waals surface area contributed by atoms with Crippen molar-refractivity contribution in [2.75, 3.05) is 26.4 Å². The SMILES string of the molecule is CCCCCCCCCCCCCOP(=S)([S-])OCCCCCCCCCCCCC.CCCCCCCCCCCCCOP(=S)([S-])OCCCCCCCCCCCCC.[Zn+2]. The number of unbranched alkanes of at least 4 members (excludes halogenated alkanes) is 40. The zero-order valence-corrected chi connectivity index (χ0v) is 50.8. The van der Waals surface area contributed by atoms with Crippen molar-refractivity contribution in [3.8, 4) is 0 Å². The van der Waals surface area contributed by atoms with Gasteiger partial charge in [-0.2, -0.15) is 0 Å². The molecule has 0 radical (unpaired) electrons. The molecule has 0 fully saturated rings. The van der Waals surface area contributed by atoms with Crippen molar-refractivity contribution in [3.63, 3.8) is 0 Å². The molecular weight excluding hydrogens is 944 g/mol. The van der Waals surface area contributed by atoms with Crippen molar-refractivity contribution < 1.29 is 37.6 Å². The summed E-state index contributed by atoms with van der Waals surface area (Å²) in [6, 6.07) is 0. The Morgan fingerprint density at radius 2 is 0.349 bits per heavy atom. The van der Waals surface area contributed by atoms with Crippen LogP contribution < -0.4 is 0 Å². The van der Waals surface area contributed by atoms with E-state index in [2.05, 4.69) is 27.7 Å². The van der Waals surface area contributed by atoms with E-state index in [0.29, 0.717) is 26.4 Å². The molecule has 4 nitrogen and oxygen atoms in total. The van der Waals surface area contributed by atoms with Crippen LogP contribution in [0.4, 0.5) is 0 Å². The zero-order valence-electron chi connectivity index (χ0n) is 42.8. The maximum Gasteiger partial charge on any atom is 2.00 e. The molecule has 0 heterocycles. The van der Waals surface area contributed by atoms with Crippen LogP contribution in [0.2, 0.25) is 0 Å². The Bertz CT molecular complexity index is 803. The number of rotatable bonds is 52. The normalized spacial score (nSPS) is 11.8. The van der Waals surface area contributed by atoms with Gasteiger partial charge in [-0.1, -0.05) is 308 Å². The Morgan fingerprint density at radius 3 is 0.476 bits per heavy atom. The first-order valence-corrected chi connectivity index (χ1v) is 34.7. The predicted molar refractivity (Wildman–Crippen MR) is 293 cm³/mol. The molecule has 11 heteroatoms. The van der Waals surface area contributed by atoms with Crippen molar-refractivity contribution in [2.45, 2.75) is 310 Å². The second-order valence-corrected chi connectivity index (χ2v) is 28.3. The molecule has 0 aromatic carbocycles. The molecule has 0 amide bonds. The van der Waals surface area contributed by atoms with Crippen LogP contribution in [-0.4, -0.2) is 26.4 Å². The van der Waals surface area contributed by atoms with Gasteiger partial charge < -0.3 is 42.6 Å². The first kappa shape index (κ1) is 69.7. The van der Waals surface area contributed by atoms with Gasteiger partial charge in [-0.15, -0.1) is 0 Å². The van der Waals surface area contributed by atoms with E-state index in [1.807, 2.05) is 0 Å². The average Bonchev–Trinajstić information content (AvgIpc) is 3.25. The maximum absolute atomic E-state index is 5.73. The fraction of sp³-hybridized carbons (Fsp3) is 1.00. The first-order chi connectivity index (χ1) is 30.2. The van der Waals surface area contributed by atoms with Crippen LogP contribution in [0.5, 0.6) is 0 Å². The van der Waals surface area contributed by atoms with Crippen LogP contribution >= 0.6 is 11.4 Å². The van der Waals surface area contributed by atoms with Gasteiger partial charge in [0.1, 0.15) is 0 Å². The number of hydrogen-bond donors (Lipinski definition) is 0. The van der Waals surface area contributed by atoms with E-state index in [4.69, 9.17) is 66.2 Å². The number of hydrogen-bond acceptors (Lipinski definition) is 8. The van der Waals surface area contributed by atoms with E-state index >= 15 is 0 Å². The van der Waals surface area contributed by atoms with E-state index < -0.39 is 11.4 Å². The van der Waals surface area contributed by atoms with Gasteiger partial charge in [-0.3, -0.25) is 0 Å². The summed E-state index contributed by atoms with van der Waals surface area (Å²) in [5.74, 6) is 0. The molecule has 0 saturated heterocycles. The van der Waals surface area contributed by atoms with E-state index in [0.717, 1.165) is 25.7 Å². The van der Waals surface area contributed by atoms with Crippen molar-refractivity contribution >= 4 is 59.5 Å². The van der Waals surface area contributed by atoms with Crippen molar-refractivity contribution in [1.82, 2.24) is 0 Å². The minimum Gasteiger partial charge on any atom is -0.691 e. The summed E-state index contributed by atoms with van der Waals surface area (Å²) in [6.45, 7) is 11.8. The Hall–Kier alpha value is 2.46. The molecule has 0 aliphatic heterocycles. The predicted octanol–water partition coefficient (Wildman–Crippen LogP) is 20.8. The molecule has 376 valence electrons. The molecule has 0 unspecified atom stereocenters. The standard InChI is InChI=1S/2C26H55O2PS2.Zn/c2*1-3-5-7-9-11-13-15-17-19-21-23-25-27-29(30,31)28-26-24-22-20-18-16-14-12-10-8-6-4-2;/h2*3-26H2,1-2H3,(H,30,31);/q;;+2/p-2. The third kappa shape index (κ3) is 64.5. The van der Waals surface area contributed by atoms with Gasteiger partial charge in [0, 0.05) is 0 Å². The zero-order chi connectivity index (χ0) is 45.8.